The van der Waals surface area contributed by atoms with Crippen molar-refractivity contribution in [1.82, 2.24) is 5.32 Å². The Morgan fingerprint density at radius 2 is 0.787 bits per heavy atom. The Morgan fingerprint density at radius 3 is 1.01 bits per heavy atom. The minimum atomic E-state index is -0.947. The Kier molecular flexibility index (Phi) is 70.4. The number of benzene rings is 4. The molecule has 6 aliphatic heterocycles. The molecular weight excluding hydrogens is 1800 g/mol. The molecule has 24 heteroatoms. The second-order valence-corrected chi connectivity index (χ2v) is 42.6. The number of terminal acetylenes is 1. The first-order chi connectivity index (χ1) is 65.7. The van der Waals surface area contributed by atoms with Crippen LogP contribution in [0.25, 0.3) is 0 Å². The molecular formula is C117H189ClN2O21. The second-order valence-electron chi connectivity index (χ2n) is 42.6. The van der Waals surface area contributed by atoms with Crippen LogP contribution < -0.4 is 11.1 Å². The van der Waals surface area contributed by atoms with Crippen LogP contribution in [-0.2, 0) is 92.2 Å². The summed E-state index contributed by atoms with van der Waals surface area (Å²) in [5, 5.41) is 58.0. The summed E-state index contributed by atoms with van der Waals surface area (Å²) in [6.07, 6.45) is 29.6. The molecule has 1 amide bonds. The first-order valence-electron chi connectivity index (χ1n) is 51.2. The fraction of sp³-hybridized carbons (Fsp3) is 0.684. The van der Waals surface area contributed by atoms with Gasteiger partial charge >= 0.3 is 24.0 Å². The lowest BCUT2D eigenvalue weighted by atomic mass is 9.93. The van der Waals surface area contributed by atoms with Gasteiger partial charge in [-0.2, -0.15) is 0 Å². The van der Waals surface area contributed by atoms with Crippen molar-refractivity contribution in [3.63, 3.8) is 0 Å². The Balaban J connectivity index is 0. The van der Waals surface area contributed by atoms with E-state index in [0.29, 0.717) is 45.4 Å². The molecule has 12 atom stereocenters. The van der Waals surface area contributed by atoms with Crippen LogP contribution in [0.1, 0.15) is 340 Å². The molecule has 6 saturated heterocycles. The molecule has 0 saturated carbocycles. The highest BCUT2D eigenvalue weighted by molar-refractivity contribution is 5.85. The molecule has 10 rings (SSSR count). The highest BCUT2D eigenvalue weighted by Crippen LogP contribution is 2.35. The molecule has 0 radical (unpaired) electrons. The number of aliphatic hydroxyl groups excluding tert-OH is 6. The number of nitrogens with two attached hydrogens (primary N) is 1. The molecule has 4 aromatic rings. The average molecular weight is 2000 g/mol. The first kappa shape index (κ1) is 135. The van der Waals surface area contributed by atoms with Gasteiger partial charge in [0.2, 0.25) is 0 Å². The summed E-state index contributed by atoms with van der Waals surface area (Å²) in [7, 11) is 3.93. The van der Waals surface area contributed by atoms with Crippen LogP contribution in [0.2, 0.25) is 0 Å². The van der Waals surface area contributed by atoms with Crippen LogP contribution in [-0.4, -0.2) is 211 Å². The highest BCUT2D eigenvalue weighted by Gasteiger charge is 2.39. The van der Waals surface area contributed by atoms with Crippen molar-refractivity contribution in [2.75, 3.05) is 80.8 Å². The minimum absolute atomic E-state index is 0. The number of halogens is 1. The molecule has 6 heterocycles. The third-order valence-electron chi connectivity index (χ3n) is 23.4. The number of ether oxygens (including phenoxy) is 10. The minimum Gasteiger partial charge on any atom is -0.469 e. The maximum absolute atomic E-state index is 11.9. The van der Waals surface area contributed by atoms with Gasteiger partial charge in [-0.25, -0.2) is 4.79 Å². The van der Waals surface area contributed by atoms with Crippen LogP contribution >= 0.6 is 12.4 Å². The normalized spacial score (nSPS) is 20.1. The Morgan fingerprint density at radius 1 is 0.461 bits per heavy atom. The monoisotopic (exact) mass is 1990 g/mol. The Labute approximate surface area is 858 Å². The van der Waals surface area contributed by atoms with Crippen molar-refractivity contribution in [3.8, 4) is 47.9 Å². The van der Waals surface area contributed by atoms with Gasteiger partial charge in [-0.15, -0.1) is 18.8 Å². The standard InChI is InChI=1S/C22H33NO3.2C20H28O2.C13H16.C8H14O3.C7H12O2.2C7H14O.C5H10O3.C4H9NO3.C4H10O.ClH/c1-6-8-9-10-17-11-13-18(14-12-17)15-16-20(24)19(7-2)23-21(25)26-22(3,4)5;2*1-4-5-6-7-16-8-10-17(11-9-16)12-13-19(21)18-14-20(2,3)22-15-18;1-3-5-6-7-13-10-8-12(4-2)9-11-13;1-8(2)4-6(5-11-8)7(9)10-3;1-7(2)3-6(4-8)5-9-7;2*1-6-4-7(2,3)8-5-6;1-4(3-6)5(7)8-2;1-8-4(7)3(5)2-6;1-4(2)3-5;/h11-14,19-20,24H,6-10H2,1-5H3,(H,23,25);2*8-11,18-19,21H,4-7,14-15H2,1-3H3;2,8-11H,3,5-7H2,1H3;6H,4-5H2,1-3H3;4,6H,3,5H2,1-2H3;2*6H,4-5H2,1-3H3;4,6H,3H2,1-2H3;3,6H,2,5H2,1H3;4-5H,3H2,1-2H3;1H/t19-,20+;2*18-,19+;;4*6-;4-;3-;;/m111.101111../s1. The zero-order chi connectivity index (χ0) is 106. The number of rotatable bonds is 28. The number of aldehydes is 1. The third kappa shape index (κ3) is 66.1. The number of aryl methyl sites for hydroxylation is 4. The number of hydrogen-bond acceptors (Lipinski definition) is 22. The van der Waals surface area contributed by atoms with Crippen LogP contribution in [0.4, 0.5) is 4.79 Å². The molecule has 0 bridgehead atoms. The zero-order valence-electron chi connectivity index (χ0n) is 91.8. The number of hydrogen-bond donors (Lipinski definition) is 8. The predicted octanol–water partition coefficient (Wildman–Crippen LogP) is 20.7. The number of methoxy groups -OCH3 is 3. The lowest BCUT2D eigenvalue weighted by molar-refractivity contribution is -0.146. The predicted molar refractivity (Wildman–Crippen MR) is 571 cm³/mol. The quantitative estimate of drug-likeness (QED) is 0.00861. The number of nitrogens with one attached hydrogen (secondary N) is 1. The summed E-state index contributed by atoms with van der Waals surface area (Å²) in [5.74, 6) is 21.4. The van der Waals surface area contributed by atoms with E-state index in [1.807, 2.05) is 72.7 Å². The Hall–Kier alpha value is -7.76. The number of carbonyl (C=O) groups is 5. The largest absolute Gasteiger partial charge is 0.469 e. The SMILES string of the molecule is C#Cc1ccc(CCCCC)cc1.CC(C)CO.CC1(C)C[C@@H](C=O)CO1.CCCCCc1ccc(C#C[C@H](O)[C@@H](CC)NC(=O)OC(C)(C)C)cc1.CCCCCc1ccc(C#C[C@H](O)[C@H]2COC(C)(C)C2)cc1.CCCCCc1ccc(C#C[C@H](O)[C@H]2COC(C)(C)C2)cc1.COC(=O)[C@H](C)CO.COC(=O)[C@H](N)CO.COC(=O)[C@H]1COC(C)(C)C1.C[C@H]1COC(C)(C)C1.C[C@H]1COC(C)(C)C1.Cl. The van der Waals surface area contributed by atoms with Crippen LogP contribution in [0.15, 0.2) is 97.1 Å². The molecule has 6 aliphatic rings. The van der Waals surface area contributed by atoms with Crippen molar-refractivity contribution in [2.24, 2.45) is 53.1 Å². The van der Waals surface area contributed by atoms with Gasteiger partial charge in [-0.05, 0) is 296 Å². The van der Waals surface area contributed by atoms with Crippen molar-refractivity contribution in [1.29, 1.82) is 0 Å². The van der Waals surface area contributed by atoms with Crippen molar-refractivity contribution in [3.05, 3.63) is 142 Å². The number of aliphatic hydroxyl groups is 6. The van der Waals surface area contributed by atoms with Crippen molar-refractivity contribution < 1.29 is 102 Å². The molecule has 141 heavy (non-hydrogen) atoms. The molecule has 23 nitrogen and oxygen atoms in total. The number of unbranched alkanes of at least 4 members (excludes halogenated alkanes) is 8. The van der Waals surface area contributed by atoms with Gasteiger partial charge in [-0.1, -0.05) is 204 Å². The number of carbonyl (C=O) groups excluding carboxylic acids is 5. The van der Waals surface area contributed by atoms with Gasteiger partial charge in [0.05, 0.1) is 112 Å². The summed E-state index contributed by atoms with van der Waals surface area (Å²) >= 11 is 0. The van der Waals surface area contributed by atoms with E-state index in [0.717, 1.165) is 98.5 Å². The molecule has 0 spiro atoms. The maximum Gasteiger partial charge on any atom is 0.407 e. The summed E-state index contributed by atoms with van der Waals surface area (Å²) in [6, 6.07) is 31.8. The number of amides is 1. The van der Waals surface area contributed by atoms with Crippen LogP contribution in [0.5, 0.6) is 0 Å². The molecule has 800 valence electrons. The zero-order valence-corrected chi connectivity index (χ0v) is 92.6. The Bertz CT molecular complexity index is 4100. The van der Waals surface area contributed by atoms with Gasteiger partial charge in [0.1, 0.15) is 36.2 Å². The molecule has 6 fully saturated rings. The van der Waals surface area contributed by atoms with Gasteiger partial charge in [-0.3, -0.25) is 14.4 Å². The van der Waals surface area contributed by atoms with Crippen molar-refractivity contribution >= 4 is 42.7 Å². The fourth-order valence-electron chi connectivity index (χ4n) is 15.3. The van der Waals surface area contributed by atoms with E-state index >= 15 is 0 Å². The first-order valence-corrected chi connectivity index (χ1v) is 51.2. The summed E-state index contributed by atoms with van der Waals surface area (Å²) in [4.78, 5) is 53.7. The van der Waals surface area contributed by atoms with Gasteiger partial charge in [0.25, 0.3) is 0 Å². The summed E-state index contributed by atoms with van der Waals surface area (Å²) < 4.78 is 51.2. The van der Waals surface area contributed by atoms with Gasteiger partial charge in [0.15, 0.2) is 0 Å². The molecule has 0 aromatic heterocycles. The van der Waals surface area contributed by atoms with Crippen LogP contribution in [0, 0.1) is 95.2 Å². The van der Waals surface area contributed by atoms with Crippen molar-refractivity contribution in [2.45, 2.75) is 390 Å². The molecule has 0 unspecified atom stereocenters. The molecule has 4 aromatic carbocycles. The van der Waals surface area contributed by atoms with E-state index in [1.165, 1.54) is 140 Å². The van der Waals surface area contributed by atoms with Gasteiger partial charge < -0.3 is 93.9 Å². The third-order valence-corrected chi connectivity index (χ3v) is 23.4. The number of esters is 3. The van der Waals surface area contributed by atoms with E-state index in [2.05, 4.69) is 231 Å². The average Bonchev–Trinajstić information content (AvgIpc) is 1.72. The molecule has 0 aliphatic carbocycles. The second kappa shape index (κ2) is 73.3. The van der Waals surface area contributed by atoms with Gasteiger partial charge in [0, 0.05) is 59.8 Å². The summed E-state index contributed by atoms with van der Waals surface area (Å²) in [5.41, 5.74) is 13.5. The van der Waals surface area contributed by atoms with E-state index in [1.54, 1.807) is 27.7 Å². The lowest BCUT2D eigenvalue weighted by Crippen LogP contribution is -2.44. The number of alkyl carbamates (subject to hydrolysis) is 1. The molecule has 9 N–H and O–H groups in total. The topological polar surface area (TPSA) is 337 Å². The van der Waals surface area contributed by atoms with E-state index in [9.17, 15) is 39.3 Å². The van der Waals surface area contributed by atoms with E-state index < -0.39 is 48.1 Å². The maximum atomic E-state index is 11.9. The lowest BCUT2D eigenvalue weighted by Gasteiger charge is -2.24. The smallest absolute Gasteiger partial charge is 0.407 e. The van der Waals surface area contributed by atoms with E-state index in [-0.39, 0.29) is 101 Å². The summed E-state index contributed by atoms with van der Waals surface area (Å²) in [6.45, 7) is 55.0. The van der Waals surface area contributed by atoms with Crippen LogP contribution in [0.3, 0.4) is 0 Å². The fourth-order valence-corrected chi connectivity index (χ4v) is 15.3. The van der Waals surface area contributed by atoms with E-state index in [4.69, 9.17) is 60.6 Å². The highest BCUT2D eigenvalue weighted by atomic mass is 35.5.